The topological polar surface area (TPSA) is 40.5 Å². The number of amides is 1. The summed E-state index contributed by atoms with van der Waals surface area (Å²) in [6.45, 7) is 0. The first-order valence-corrected chi connectivity index (χ1v) is 4.99. The second-order valence-electron chi connectivity index (χ2n) is 3.11. The first-order valence-electron chi connectivity index (χ1n) is 4.23. The molecular formula is C10H7Cl2NO2. The van der Waals surface area contributed by atoms with E-state index in [9.17, 15) is 9.90 Å². The molecule has 1 atom stereocenters. The Balaban J connectivity index is 2.41. The molecule has 1 unspecified atom stereocenters. The summed E-state index contributed by atoms with van der Waals surface area (Å²) in [4.78, 5) is 12.6. The fourth-order valence-corrected chi connectivity index (χ4v) is 1.94. The van der Waals surface area contributed by atoms with Crippen molar-refractivity contribution in [2.24, 2.45) is 0 Å². The molecule has 1 aromatic rings. The second-order valence-corrected chi connectivity index (χ2v) is 3.98. The van der Waals surface area contributed by atoms with Gasteiger partial charge in [-0.3, -0.25) is 9.69 Å². The number of nitrogens with zero attached hydrogens (tertiary/aromatic N) is 1. The predicted molar refractivity (Wildman–Crippen MR) is 59.1 cm³/mol. The fourth-order valence-electron chi connectivity index (χ4n) is 1.42. The lowest BCUT2D eigenvalue weighted by atomic mass is 10.3. The highest BCUT2D eigenvalue weighted by atomic mass is 35.5. The lowest BCUT2D eigenvalue weighted by Crippen LogP contribution is -2.33. The molecule has 0 spiro atoms. The quantitative estimate of drug-likeness (QED) is 0.822. The fraction of sp³-hybridized carbons (Fsp3) is 0.100. The molecule has 1 aliphatic heterocycles. The number of aliphatic hydroxyl groups is 1. The molecule has 0 saturated carbocycles. The molecule has 3 nitrogen and oxygen atoms in total. The maximum absolute atomic E-state index is 11.4. The van der Waals surface area contributed by atoms with Crippen molar-refractivity contribution in [1.82, 2.24) is 0 Å². The number of rotatable bonds is 1. The van der Waals surface area contributed by atoms with Gasteiger partial charge < -0.3 is 5.11 Å². The van der Waals surface area contributed by atoms with Gasteiger partial charge in [-0.15, -0.1) is 0 Å². The summed E-state index contributed by atoms with van der Waals surface area (Å²) in [5, 5.41) is 10.4. The van der Waals surface area contributed by atoms with E-state index in [1.165, 1.54) is 17.1 Å². The van der Waals surface area contributed by atoms with Crippen LogP contribution in [-0.2, 0) is 4.79 Å². The molecule has 15 heavy (non-hydrogen) atoms. The van der Waals surface area contributed by atoms with E-state index < -0.39 is 6.23 Å². The Labute approximate surface area is 96.5 Å². The van der Waals surface area contributed by atoms with Gasteiger partial charge in [0.2, 0.25) is 0 Å². The predicted octanol–water partition coefficient (Wildman–Crippen LogP) is 2.21. The average Bonchev–Trinajstić information content (AvgIpc) is 2.44. The number of hydrogen-bond donors (Lipinski definition) is 1. The van der Waals surface area contributed by atoms with Crippen LogP contribution in [0.4, 0.5) is 5.69 Å². The summed E-state index contributed by atoms with van der Waals surface area (Å²) >= 11 is 11.6. The molecule has 2 rings (SSSR count). The molecule has 0 fully saturated rings. The Bertz CT molecular complexity index is 425. The van der Waals surface area contributed by atoms with E-state index in [-0.39, 0.29) is 5.91 Å². The molecule has 0 aromatic heterocycles. The van der Waals surface area contributed by atoms with E-state index in [0.717, 1.165) is 0 Å². The number of hydrogen-bond acceptors (Lipinski definition) is 2. The summed E-state index contributed by atoms with van der Waals surface area (Å²) in [7, 11) is 0. The van der Waals surface area contributed by atoms with Crippen molar-refractivity contribution in [3.8, 4) is 0 Å². The highest BCUT2D eigenvalue weighted by Crippen LogP contribution is 2.28. The lowest BCUT2D eigenvalue weighted by Gasteiger charge is -2.20. The normalized spacial score (nSPS) is 20.1. The van der Waals surface area contributed by atoms with Crippen LogP contribution >= 0.6 is 23.2 Å². The Morgan fingerprint density at radius 1 is 1.20 bits per heavy atom. The van der Waals surface area contributed by atoms with Crippen LogP contribution in [0.15, 0.2) is 30.4 Å². The van der Waals surface area contributed by atoms with Gasteiger partial charge in [-0.1, -0.05) is 23.2 Å². The minimum Gasteiger partial charge on any atom is -0.369 e. The van der Waals surface area contributed by atoms with Gasteiger partial charge in [-0.05, 0) is 24.3 Å². The SMILES string of the molecule is O=C1C=CC(O)N1c1cc(Cl)cc(Cl)c1. The van der Waals surface area contributed by atoms with E-state index in [0.29, 0.717) is 15.7 Å². The van der Waals surface area contributed by atoms with Crippen molar-refractivity contribution >= 4 is 34.8 Å². The number of anilines is 1. The van der Waals surface area contributed by atoms with Crippen molar-refractivity contribution in [1.29, 1.82) is 0 Å². The number of halogens is 2. The first-order chi connectivity index (χ1) is 7.08. The minimum absolute atomic E-state index is 0.291. The van der Waals surface area contributed by atoms with E-state index >= 15 is 0 Å². The number of benzene rings is 1. The van der Waals surface area contributed by atoms with Crippen LogP contribution in [0.5, 0.6) is 0 Å². The maximum Gasteiger partial charge on any atom is 0.253 e. The summed E-state index contributed by atoms with van der Waals surface area (Å²) in [5.41, 5.74) is 0.481. The van der Waals surface area contributed by atoms with E-state index in [4.69, 9.17) is 23.2 Å². The van der Waals surface area contributed by atoms with Crippen molar-refractivity contribution in [2.75, 3.05) is 4.90 Å². The molecule has 78 valence electrons. The summed E-state index contributed by atoms with van der Waals surface area (Å²) in [6.07, 6.45) is 1.75. The largest absolute Gasteiger partial charge is 0.369 e. The summed E-state index contributed by atoms with van der Waals surface area (Å²) in [5.74, 6) is -0.291. The average molecular weight is 244 g/mol. The number of aliphatic hydroxyl groups excluding tert-OH is 1. The number of carbonyl (C=O) groups is 1. The van der Waals surface area contributed by atoms with Crippen LogP contribution < -0.4 is 4.90 Å². The van der Waals surface area contributed by atoms with Gasteiger partial charge >= 0.3 is 0 Å². The van der Waals surface area contributed by atoms with Gasteiger partial charge in [0.25, 0.3) is 5.91 Å². The number of carbonyl (C=O) groups excluding carboxylic acids is 1. The van der Waals surface area contributed by atoms with Gasteiger partial charge in [0.1, 0.15) is 0 Å². The molecule has 0 radical (unpaired) electrons. The molecule has 0 aliphatic carbocycles. The zero-order valence-electron chi connectivity index (χ0n) is 7.52. The van der Waals surface area contributed by atoms with Crippen LogP contribution in [0.25, 0.3) is 0 Å². The molecule has 1 aliphatic rings. The zero-order valence-corrected chi connectivity index (χ0v) is 9.03. The van der Waals surface area contributed by atoms with Gasteiger partial charge in [0.05, 0.1) is 0 Å². The van der Waals surface area contributed by atoms with Gasteiger partial charge in [0.15, 0.2) is 6.23 Å². The molecule has 0 bridgehead atoms. The third-order valence-electron chi connectivity index (χ3n) is 2.04. The van der Waals surface area contributed by atoms with Gasteiger partial charge in [-0.2, -0.15) is 0 Å². The van der Waals surface area contributed by atoms with Crippen molar-refractivity contribution < 1.29 is 9.90 Å². The molecule has 1 heterocycles. The second kappa shape index (κ2) is 3.85. The highest BCUT2D eigenvalue weighted by Gasteiger charge is 2.25. The van der Waals surface area contributed by atoms with Gasteiger partial charge in [0, 0.05) is 21.8 Å². The molecule has 0 saturated heterocycles. The van der Waals surface area contributed by atoms with Crippen LogP contribution in [0.3, 0.4) is 0 Å². The summed E-state index contributed by atoms with van der Waals surface area (Å²) in [6, 6.07) is 4.70. The van der Waals surface area contributed by atoms with Crippen molar-refractivity contribution in [3.63, 3.8) is 0 Å². The third kappa shape index (κ3) is 2.00. The maximum atomic E-state index is 11.4. The standard InChI is InChI=1S/C10H7Cl2NO2/c11-6-3-7(12)5-8(4-6)13-9(14)1-2-10(13)15/h1-5,9,14H. The van der Waals surface area contributed by atoms with Crippen LogP contribution in [0.2, 0.25) is 10.0 Å². The van der Waals surface area contributed by atoms with Gasteiger partial charge in [-0.25, -0.2) is 0 Å². The first kappa shape index (κ1) is 10.5. The monoisotopic (exact) mass is 243 g/mol. The Kier molecular flexibility index (Phi) is 2.69. The van der Waals surface area contributed by atoms with Crippen LogP contribution in [0, 0.1) is 0 Å². The van der Waals surface area contributed by atoms with Crippen LogP contribution in [0.1, 0.15) is 0 Å². The molecule has 1 aromatic carbocycles. The smallest absolute Gasteiger partial charge is 0.253 e. The molecular weight excluding hydrogens is 237 g/mol. The molecule has 1 amide bonds. The molecule has 1 N–H and O–H groups in total. The molecule has 5 heteroatoms. The Hall–Kier alpha value is -1.03. The summed E-state index contributed by atoms with van der Waals surface area (Å²) < 4.78 is 0. The zero-order chi connectivity index (χ0) is 11.0. The van der Waals surface area contributed by atoms with E-state index in [1.807, 2.05) is 0 Å². The van der Waals surface area contributed by atoms with Crippen molar-refractivity contribution in [2.45, 2.75) is 6.23 Å². The highest BCUT2D eigenvalue weighted by molar-refractivity contribution is 6.35. The van der Waals surface area contributed by atoms with Crippen molar-refractivity contribution in [3.05, 3.63) is 40.4 Å². The third-order valence-corrected chi connectivity index (χ3v) is 2.47. The van der Waals surface area contributed by atoms with Crippen LogP contribution in [-0.4, -0.2) is 17.2 Å². The minimum atomic E-state index is -0.952. The lowest BCUT2D eigenvalue weighted by molar-refractivity contribution is -0.114. The Morgan fingerprint density at radius 3 is 2.27 bits per heavy atom. The van der Waals surface area contributed by atoms with E-state index in [1.54, 1.807) is 18.2 Å². The van der Waals surface area contributed by atoms with E-state index in [2.05, 4.69) is 0 Å². The Morgan fingerprint density at radius 2 is 1.80 bits per heavy atom.